The molecule has 0 spiro atoms. The van der Waals surface area contributed by atoms with E-state index in [0.29, 0.717) is 11.3 Å². The van der Waals surface area contributed by atoms with E-state index in [-0.39, 0.29) is 17.7 Å². The Balaban J connectivity index is 1.64. The highest BCUT2D eigenvalue weighted by Crippen LogP contribution is 2.29. The molecule has 1 aromatic heterocycles. The number of aliphatic imine (C=N–C) groups is 1. The molecule has 124 valence electrons. The maximum absolute atomic E-state index is 12.5. The highest BCUT2D eigenvalue weighted by Gasteiger charge is 2.27. The summed E-state index contributed by atoms with van der Waals surface area (Å²) in [4.78, 5) is 31.7. The van der Waals surface area contributed by atoms with Gasteiger partial charge < -0.3 is 10.3 Å². The van der Waals surface area contributed by atoms with Crippen molar-refractivity contribution in [1.29, 1.82) is 0 Å². The number of hydrogen-bond donors (Lipinski definition) is 2. The van der Waals surface area contributed by atoms with Crippen LogP contribution in [0.1, 0.15) is 24.2 Å². The lowest BCUT2D eigenvalue weighted by Crippen LogP contribution is -2.35. The molecule has 1 aliphatic carbocycles. The van der Waals surface area contributed by atoms with Gasteiger partial charge in [-0.3, -0.25) is 9.59 Å². The number of nitrogens with one attached hydrogen (secondary N) is 2. The topological polar surface area (TPSA) is 74.3 Å². The molecule has 0 saturated heterocycles. The number of rotatable bonds is 1. The Morgan fingerprint density at radius 1 is 1.20 bits per heavy atom. The van der Waals surface area contributed by atoms with Crippen molar-refractivity contribution >= 4 is 28.4 Å². The predicted molar refractivity (Wildman–Crippen MR) is 97.3 cm³/mol. The summed E-state index contributed by atoms with van der Waals surface area (Å²) in [6.45, 7) is 3.77. The van der Waals surface area contributed by atoms with Crippen LogP contribution in [-0.4, -0.2) is 22.5 Å². The standard InChI is InChI=1S/C20H17N3O2/c1-11-12(2)19(24)23-18-10-15(5-6-16(11)18)22-20(25)14-4-3-13-7-8-21-17(13)9-14/h3-10,16,21H,1-2H3,(H,23,24). The molecule has 2 heterocycles. The van der Waals surface area contributed by atoms with Gasteiger partial charge in [-0.2, -0.15) is 0 Å². The molecular formula is C20H17N3O2. The van der Waals surface area contributed by atoms with Gasteiger partial charge in [0, 0.05) is 34.5 Å². The van der Waals surface area contributed by atoms with Crippen LogP contribution in [0.5, 0.6) is 0 Å². The molecule has 2 amide bonds. The van der Waals surface area contributed by atoms with Crippen LogP contribution < -0.4 is 5.32 Å². The van der Waals surface area contributed by atoms with E-state index in [9.17, 15) is 9.59 Å². The minimum absolute atomic E-state index is 0.0435. The Labute approximate surface area is 144 Å². The zero-order valence-electron chi connectivity index (χ0n) is 14.0. The molecular weight excluding hydrogens is 314 g/mol. The number of benzene rings is 1. The van der Waals surface area contributed by atoms with Crippen molar-refractivity contribution in [1.82, 2.24) is 10.3 Å². The average Bonchev–Trinajstić information content (AvgIpc) is 3.07. The summed E-state index contributed by atoms with van der Waals surface area (Å²) < 4.78 is 0. The van der Waals surface area contributed by atoms with Crippen LogP contribution in [0.15, 0.2) is 70.5 Å². The molecule has 2 aliphatic rings. The fourth-order valence-electron chi connectivity index (χ4n) is 3.16. The molecule has 0 fully saturated rings. The van der Waals surface area contributed by atoms with Crippen LogP contribution in [0, 0.1) is 5.92 Å². The largest absolute Gasteiger partial charge is 0.361 e. The lowest BCUT2D eigenvalue weighted by Gasteiger charge is -2.28. The lowest BCUT2D eigenvalue weighted by molar-refractivity contribution is -0.117. The van der Waals surface area contributed by atoms with Gasteiger partial charge in [0.25, 0.3) is 11.8 Å². The summed E-state index contributed by atoms with van der Waals surface area (Å²) in [5.74, 6) is -0.364. The molecule has 5 nitrogen and oxygen atoms in total. The fourth-order valence-corrected chi connectivity index (χ4v) is 3.16. The molecule has 1 aromatic carbocycles. The van der Waals surface area contributed by atoms with Gasteiger partial charge in [0.05, 0.1) is 5.71 Å². The Morgan fingerprint density at radius 2 is 2.04 bits per heavy atom. The fraction of sp³-hybridized carbons (Fsp3) is 0.150. The van der Waals surface area contributed by atoms with Gasteiger partial charge in [-0.1, -0.05) is 17.7 Å². The second-order valence-corrected chi connectivity index (χ2v) is 6.32. The van der Waals surface area contributed by atoms with Crippen LogP contribution in [0.2, 0.25) is 0 Å². The van der Waals surface area contributed by atoms with E-state index in [4.69, 9.17) is 0 Å². The number of aromatic nitrogens is 1. The van der Waals surface area contributed by atoms with E-state index in [1.165, 1.54) is 0 Å². The molecule has 2 aromatic rings. The van der Waals surface area contributed by atoms with Crippen molar-refractivity contribution in [2.24, 2.45) is 10.9 Å². The number of amides is 2. The smallest absolute Gasteiger partial charge is 0.277 e. The van der Waals surface area contributed by atoms with E-state index >= 15 is 0 Å². The number of H-pyrrole nitrogens is 1. The average molecular weight is 331 g/mol. The maximum atomic E-state index is 12.5. The zero-order chi connectivity index (χ0) is 17.6. The number of carbonyl (C=O) groups is 2. The van der Waals surface area contributed by atoms with Crippen molar-refractivity contribution in [3.63, 3.8) is 0 Å². The summed E-state index contributed by atoms with van der Waals surface area (Å²) in [7, 11) is 0. The normalized spacial score (nSPS) is 21.4. The highest BCUT2D eigenvalue weighted by atomic mass is 16.2. The van der Waals surface area contributed by atoms with Gasteiger partial charge in [-0.25, -0.2) is 4.99 Å². The third-order valence-corrected chi connectivity index (χ3v) is 4.79. The third-order valence-electron chi connectivity index (χ3n) is 4.79. The minimum atomic E-state index is -0.308. The second kappa shape index (κ2) is 5.70. The number of aromatic amines is 1. The zero-order valence-corrected chi connectivity index (χ0v) is 14.0. The van der Waals surface area contributed by atoms with Gasteiger partial charge in [-0.15, -0.1) is 0 Å². The first kappa shape index (κ1) is 15.3. The van der Waals surface area contributed by atoms with E-state index < -0.39 is 0 Å². The summed E-state index contributed by atoms with van der Waals surface area (Å²) in [6.07, 6.45) is 7.40. The number of carbonyl (C=O) groups excluding carboxylic acids is 2. The van der Waals surface area contributed by atoms with Crippen LogP contribution in [0.4, 0.5) is 0 Å². The van der Waals surface area contributed by atoms with Crippen molar-refractivity contribution in [2.75, 3.05) is 0 Å². The van der Waals surface area contributed by atoms with Crippen molar-refractivity contribution < 1.29 is 9.59 Å². The Bertz CT molecular complexity index is 1030. The molecule has 5 heteroatoms. The first-order valence-corrected chi connectivity index (χ1v) is 8.11. The van der Waals surface area contributed by atoms with Crippen LogP contribution in [0.3, 0.4) is 0 Å². The maximum Gasteiger partial charge on any atom is 0.277 e. The predicted octanol–water partition coefficient (Wildman–Crippen LogP) is 3.29. The number of hydrogen-bond acceptors (Lipinski definition) is 2. The Morgan fingerprint density at radius 3 is 2.88 bits per heavy atom. The van der Waals surface area contributed by atoms with Crippen molar-refractivity contribution in [2.45, 2.75) is 13.8 Å². The molecule has 1 atom stereocenters. The van der Waals surface area contributed by atoms with Crippen LogP contribution in [0.25, 0.3) is 10.9 Å². The molecule has 0 bridgehead atoms. The molecule has 1 aliphatic heterocycles. The van der Waals surface area contributed by atoms with Gasteiger partial charge in [0.2, 0.25) is 0 Å². The van der Waals surface area contributed by atoms with Crippen LogP contribution >= 0.6 is 0 Å². The molecule has 0 radical (unpaired) electrons. The number of nitrogens with zero attached hydrogens (tertiary/aromatic N) is 1. The minimum Gasteiger partial charge on any atom is -0.361 e. The first-order valence-electron chi connectivity index (χ1n) is 8.11. The van der Waals surface area contributed by atoms with Gasteiger partial charge in [0.15, 0.2) is 0 Å². The monoisotopic (exact) mass is 331 g/mol. The molecule has 2 N–H and O–H groups in total. The second-order valence-electron chi connectivity index (χ2n) is 6.32. The molecule has 1 unspecified atom stereocenters. The molecule has 25 heavy (non-hydrogen) atoms. The number of fused-ring (bicyclic) bond motifs is 2. The summed E-state index contributed by atoms with van der Waals surface area (Å²) in [6, 6.07) is 7.41. The number of allylic oxidation sites excluding steroid dienone is 3. The van der Waals surface area contributed by atoms with E-state index in [0.717, 1.165) is 27.7 Å². The summed E-state index contributed by atoms with van der Waals surface area (Å²) >= 11 is 0. The lowest BCUT2D eigenvalue weighted by atomic mass is 9.85. The van der Waals surface area contributed by atoms with Crippen molar-refractivity contribution in [3.05, 3.63) is 71.1 Å². The van der Waals surface area contributed by atoms with Crippen LogP contribution in [-0.2, 0) is 4.79 Å². The molecule has 4 rings (SSSR count). The highest BCUT2D eigenvalue weighted by molar-refractivity contribution is 6.14. The third kappa shape index (κ3) is 2.63. The quantitative estimate of drug-likeness (QED) is 0.841. The SMILES string of the molecule is CC1=C(C)C2C=CC(=NC(=O)c3ccc4cc[nH]c4c3)C=C2NC1=O. The van der Waals surface area contributed by atoms with Gasteiger partial charge in [0.1, 0.15) is 0 Å². The summed E-state index contributed by atoms with van der Waals surface area (Å²) in [5.41, 5.74) is 4.49. The molecule has 0 saturated carbocycles. The Hall–Kier alpha value is -3.21. The van der Waals surface area contributed by atoms with E-state index in [1.807, 2.05) is 44.3 Å². The van der Waals surface area contributed by atoms with Gasteiger partial charge in [-0.05, 0) is 49.6 Å². The Kier molecular flexibility index (Phi) is 3.50. The van der Waals surface area contributed by atoms with E-state index in [1.54, 1.807) is 18.2 Å². The summed E-state index contributed by atoms with van der Waals surface area (Å²) in [5, 5.41) is 3.93. The first-order chi connectivity index (χ1) is 12.0. The van der Waals surface area contributed by atoms with E-state index in [2.05, 4.69) is 15.3 Å². The van der Waals surface area contributed by atoms with Crippen molar-refractivity contribution in [3.8, 4) is 0 Å². The van der Waals surface area contributed by atoms with Gasteiger partial charge >= 0.3 is 0 Å².